The van der Waals surface area contributed by atoms with Gasteiger partial charge in [-0.2, -0.15) is 5.48 Å². The molecule has 1 saturated heterocycles. The molecule has 2 aromatic rings. The smallest absolute Gasteiger partial charge is 0.379 e. The molecule has 0 aliphatic carbocycles. The maximum atomic E-state index is 13.2. The Morgan fingerprint density at radius 3 is 2.55 bits per heavy atom. The third-order valence-corrected chi connectivity index (χ3v) is 7.29. The van der Waals surface area contributed by atoms with Gasteiger partial charge in [0.2, 0.25) is 12.0 Å². The molecule has 38 heavy (non-hydrogen) atoms. The van der Waals surface area contributed by atoms with E-state index in [1.165, 1.54) is 40.9 Å². The van der Waals surface area contributed by atoms with Crippen molar-refractivity contribution in [2.75, 3.05) is 5.75 Å². The van der Waals surface area contributed by atoms with E-state index >= 15 is 0 Å². The van der Waals surface area contributed by atoms with Gasteiger partial charge in [0.05, 0.1) is 5.56 Å². The quantitative estimate of drug-likeness (QED) is 0.209. The molecule has 2 aliphatic heterocycles. The number of unbranched alkanes of at least 4 members (excludes halogenated alkanes) is 1. The summed E-state index contributed by atoms with van der Waals surface area (Å²) in [4.78, 5) is 68.7. The second-order valence-corrected chi connectivity index (χ2v) is 9.80. The van der Waals surface area contributed by atoms with Crippen LogP contribution in [0.3, 0.4) is 0 Å². The number of fused-ring (bicyclic) bond motifs is 1. The van der Waals surface area contributed by atoms with Gasteiger partial charge in [0.25, 0.3) is 11.8 Å². The summed E-state index contributed by atoms with van der Waals surface area (Å²) < 4.78 is 7.30. The van der Waals surface area contributed by atoms with Crippen molar-refractivity contribution in [2.45, 2.75) is 44.2 Å². The van der Waals surface area contributed by atoms with Crippen LogP contribution in [0.5, 0.6) is 0 Å². The summed E-state index contributed by atoms with van der Waals surface area (Å²) in [5, 5.41) is -0.659. The molecular formula is C26H27N4O7S+. The summed E-state index contributed by atoms with van der Waals surface area (Å²) in [6.07, 6.45) is 4.15. The number of nitrogens with zero attached hydrogens (tertiary/aromatic N) is 2. The molecule has 3 heterocycles. The number of nitrogens with two attached hydrogens (primary N) is 1. The van der Waals surface area contributed by atoms with Crippen LogP contribution >= 0.6 is 11.8 Å². The number of carbonyl (C=O) groups excluding carboxylic acids is 5. The van der Waals surface area contributed by atoms with Crippen LogP contribution in [0.4, 0.5) is 0 Å². The van der Waals surface area contributed by atoms with Gasteiger partial charge in [-0.15, -0.1) is 11.8 Å². The molecule has 2 atom stereocenters. The van der Waals surface area contributed by atoms with Crippen molar-refractivity contribution in [1.29, 1.82) is 0 Å². The van der Waals surface area contributed by atoms with Crippen LogP contribution in [-0.2, 0) is 30.5 Å². The predicted octanol–water partition coefficient (Wildman–Crippen LogP) is 1.23. The van der Waals surface area contributed by atoms with E-state index in [9.17, 15) is 24.0 Å². The van der Waals surface area contributed by atoms with E-state index in [-0.39, 0.29) is 23.2 Å². The van der Waals surface area contributed by atoms with E-state index in [1.807, 2.05) is 42.1 Å². The number of pyridine rings is 1. The van der Waals surface area contributed by atoms with Gasteiger partial charge in [-0.3, -0.25) is 19.3 Å². The molecule has 3 amide bonds. The lowest BCUT2D eigenvalue weighted by atomic mass is 10.0. The average molecular weight is 540 g/mol. The third-order valence-electron chi connectivity index (χ3n) is 5.97. The number of ether oxygens (including phenoxy) is 1. The molecule has 1 fully saturated rings. The highest BCUT2D eigenvalue weighted by molar-refractivity contribution is 8.00. The third kappa shape index (κ3) is 5.86. The lowest BCUT2D eigenvalue weighted by Gasteiger charge is -2.48. The maximum absolute atomic E-state index is 13.2. The fourth-order valence-corrected chi connectivity index (χ4v) is 5.32. The van der Waals surface area contributed by atoms with E-state index in [1.54, 1.807) is 0 Å². The SMILES string of the molecule is CCCCC(=O)NOC(=O)C1=C(C[n+]2ccccc2)CS[C@H]2[C@H](OC(=O)c3cccc(C(N)=O)c3)C(=O)N12. The van der Waals surface area contributed by atoms with Crippen LogP contribution in [0, 0.1) is 0 Å². The molecule has 11 nitrogen and oxygen atoms in total. The number of rotatable bonds is 9. The Morgan fingerprint density at radius 2 is 1.84 bits per heavy atom. The molecule has 1 aromatic carbocycles. The topological polar surface area (TPSA) is 149 Å². The summed E-state index contributed by atoms with van der Waals surface area (Å²) in [7, 11) is 0. The van der Waals surface area contributed by atoms with E-state index in [2.05, 4.69) is 5.48 Å². The number of hydrogen-bond acceptors (Lipinski definition) is 8. The molecule has 0 saturated carbocycles. The Kier molecular flexibility index (Phi) is 8.41. The minimum atomic E-state index is -1.14. The van der Waals surface area contributed by atoms with E-state index in [0.29, 0.717) is 24.3 Å². The zero-order valence-corrected chi connectivity index (χ0v) is 21.4. The number of primary amides is 1. The fraction of sp³-hybridized carbons (Fsp3) is 0.308. The Labute approximate surface area is 222 Å². The van der Waals surface area contributed by atoms with E-state index in [0.717, 1.165) is 6.42 Å². The van der Waals surface area contributed by atoms with Crippen molar-refractivity contribution >= 4 is 41.4 Å². The van der Waals surface area contributed by atoms with Crippen LogP contribution in [0.15, 0.2) is 66.1 Å². The van der Waals surface area contributed by atoms with Gasteiger partial charge in [0, 0.05) is 35.4 Å². The number of hydrogen-bond donors (Lipinski definition) is 2. The highest BCUT2D eigenvalue weighted by Gasteiger charge is 2.56. The molecule has 198 valence electrons. The Bertz CT molecular complexity index is 1300. The zero-order valence-electron chi connectivity index (χ0n) is 20.6. The lowest BCUT2D eigenvalue weighted by molar-refractivity contribution is -0.689. The number of aromatic nitrogens is 1. The summed E-state index contributed by atoms with van der Waals surface area (Å²) in [6, 6.07) is 11.2. The summed E-state index contributed by atoms with van der Waals surface area (Å²) in [6.45, 7) is 2.24. The summed E-state index contributed by atoms with van der Waals surface area (Å²) in [5.74, 6) is -3.06. The number of esters is 1. The molecule has 3 N–H and O–H groups in total. The highest BCUT2D eigenvalue weighted by Crippen LogP contribution is 2.42. The predicted molar refractivity (Wildman–Crippen MR) is 135 cm³/mol. The van der Waals surface area contributed by atoms with E-state index < -0.39 is 41.1 Å². The first-order valence-corrected chi connectivity index (χ1v) is 13.1. The highest BCUT2D eigenvalue weighted by atomic mass is 32.2. The number of amides is 3. The van der Waals surface area contributed by atoms with Crippen molar-refractivity contribution in [1.82, 2.24) is 10.4 Å². The summed E-state index contributed by atoms with van der Waals surface area (Å²) in [5.41, 5.74) is 8.25. The average Bonchev–Trinajstić information content (AvgIpc) is 2.93. The lowest BCUT2D eigenvalue weighted by Crippen LogP contribution is -2.66. The minimum Gasteiger partial charge on any atom is -0.445 e. The normalized spacial score (nSPS) is 18.2. The summed E-state index contributed by atoms with van der Waals surface area (Å²) >= 11 is 1.34. The van der Waals surface area contributed by atoms with Gasteiger partial charge in [0.1, 0.15) is 11.1 Å². The van der Waals surface area contributed by atoms with Crippen molar-refractivity contribution in [3.8, 4) is 0 Å². The zero-order chi connectivity index (χ0) is 27.2. The molecule has 4 rings (SSSR count). The number of β-lactam (4-membered cyclic amide) rings is 1. The molecule has 0 radical (unpaired) electrons. The first-order valence-electron chi connectivity index (χ1n) is 12.0. The van der Waals surface area contributed by atoms with Gasteiger partial charge >= 0.3 is 11.9 Å². The van der Waals surface area contributed by atoms with Crippen LogP contribution in [-0.4, -0.2) is 51.8 Å². The second-order valence-electron chi connectivity index (χ2n) is 8.70. The molecule has 2 aliphatic rings. The largest absolute Gasteiger partial charge is 0.445 e. The van der Waals surface area contributed by atoms with Crippen LogP contribution in [0.2, 0.25) is 0 Å². The maximum Gasteiger partial charge on any atom is 0.379 e. The number of benzene rings is 1. The number of nitrogens with one attached hydrogen (secondary N) is 1. The number of carbonyl (C=O) groups is 5. The van der Waals surface area contributed by atoms with Gasteiger partial charge in [-0.05, 0) is 24.6 Å². The molecule has 1 aromatic heterocycles. The minimum absolute atomic E-state index is 0.00826. The Hall–Kier alpha value is -4.19. The van der Waals surface area contributed by atoms with Crippen molar-refractivity contribution in [2.24, 2.45) is 5.73 Å². The first kappa shape index (κ1) is 26.9. The first-order chi connectivity index (χ1) is 18.3. The molecule has 0 bridgehead atoms. The van der Waals surface area contributed by atoms with Crippen molar-refractivity contribution < 1.29 is 38.1 Å². The fourth-order valence-electron chi connectivity index (χ4n) is 4.02. The van der Waals surface area contributed by atoms with Gasteiger partial charge in [-0.1, -0.05) is 25.5 Å². The molecule has 0 spiro atoms. The molecule has 12 heteroatoms. The molecular weight excluding hydrogens is 512 g/mol. The van der Waals surface area contributed by atoms with Gasteiger partial charge in [0.15, 0.2) is 18.9 Å². The van der Waals surface area contributed by atoms with E-state index in [4.69, 9.17) is 15.3 Å². The van der Waals surface area contributed by atoms with Crippen LogP contribution < -0.4 is 15.8 Å². The molecule has 0 unspecified atom stereocenters. The van der Waals surface area contributed by atoms with Gasteiger partial charge in [-0.25, -0.2) is 14.2 Å². The standard InChI is InChI=1S/C26H26N4O7S/c1-2-3-10-19(31)28-37-26(35)20-18(14-29-11-5-4-6-12-29)15-38-24-21(23(33)30(20)24)36-25(34)17-9-7-8-16(13-17)22(27)32/h4-9,11-13,21,24H,2-3,10,14-15H2,1H3,(H2-,27,28,31,32)/p+1/t21-,24+/m1/s1. The Morgan fingerprint density at radius 1 is 1.11 bits per heavy atom. The van der Waals surface area contributed by atoms with Crippen LogP contribution in [0.1, 0.15) is 46.9 Å². The second kappa shape index (κ2) is 11.9. The Balaban J connectivity index is 1.53. The number of hydroxylamine groups is 1. The van der Waals surface area contributed by atoms with Gasteiger partial charge < -0.3 is 15.3 Å². The monoisotopic (exact) mass is 539 g/mol. The number of thioether (sulfide) groups is 1. The van der Waals surface area contributed by atoms with Crippen molar-refractivity contribution in [3.05, 3.63) is 77.3 Å². The van der Waals surface area contributed by atoms with Crippen molar-refractivity contribution in [3.63, 3.8) is 0 Å². The van der Waals surface area contributed by atoms with Crippen LogP contribution in [0.25, 0.3) is 0 Å².